The highest BCUT2D eigenvalue weighted by Gasteiger charge is 2.45. The molecule has 0 amide bonds. The molecule has 0 aliphatic carbocycles. The molecular formula is C97H83BN4S2. The number of fused-ring (bicyclic) bond motifs is 9. The molecule has 16 aromatic rings. The Balaban J connectivity index is 0.901. The van der Waals surface area contributed by atoms with Gasteiger partial charge in [0.05, 0.1) is 28.1 Å². The van der Waals surface area contributed by atoms with Gasteiger partial charge in [-0.1, -0.05) is 211 Å². The van der Waals surface area contributed by atoms with E-state index in [0.29, 0.717) is 0 Å². The summed E-state index contributed by atoms with van der Waals surface area (Å²) in [4.78, 5) is 10.5. The van der Waals surface area contributed by atoms with Gasteiger partial charge in [-0.2, -0.15) is 0 Å². The predicted octanol–water partition coefficient (Wildman–Crippen LogP) is 26.2. The number of benzene rings is 13. The second-order valence-corrected chi connectivity index (χ2v) is 33.4. The van der Waals surface area contributed by atoms with E-state index >= 15 is 0 Å². The Hall–Kier alpha value is -11.0. The first-order valence-corrected chi connectivity index (χ1v) is 38.3. The van der Waals surface area contributed by atoms with Crippen LogP contribution in [0.5, 0.6) is 0 Å². The zero-order valence-electron chi connectivity index (χ0n) is 61.6. The fourth-order valence-electron chi connectivity index (χ4n) is 17.5. The van der Waals surface area contributed by atoms with Gasteiger partial charge < -0.3 is 19.3 Å². The normalized spacial score (nSPS) is 12.8. The van der Waals surface area contributed by atoms with E-state index in [1.807, 2.05) is 22.7 Å². The van der Waals surface area contributed by atoms with E-state index < -0.39 is 0 Å². The summed E-state index contributed by atoms with van der Waals surface area (Å²) in [5.74, 6) is 0. The van der Waals surface area contributed by atoms with Crippen LogP contribution in [-0.2, 0) is 10.8 Å². The van der Waals surface area contributed by atoms with Crippen molar-refractivity contribution in [2.45, 2.75) is 101 Å². The highest BCUT2D eigenvalue weighted by molar-refractivity contribution is 7.23. The summed E-state index contributed by atoms with van der Waals surface area (Å²) in [5.41, 5.74) is 36.5. The summed E-state index contributed by atoms with van der Waals surface area (Å²) in [5, 5.41) is 5.03. The van der Waals surface area contributed by atoms with E-state index in [-0.39, 0.29) is 17.5 Å². The van der Waals surface area contributed by atoms with Crippen LogP contribution in [0.25, 0.3) is 90.8 Å². The first-order chi connectivity index (χ1) is 50.2. The molecule has 4 nitrogen and oxygen atoms in total. The molecule has 13 aromatic carbocycles. The highest BCUT2D eigenvalue weighted by atomic mass is 32.1. The van der Waals surface area contributed by atoms with Gasteiger partial charge in [-0.3, -0.25) is 0 Å². The number of anilines is 9. The zero-order valence-corrected chi connectivity index (χ0v) is 63.2. The predicted molar refractivity (Wildman–Crippen MR) is 453 cm³/mol. The minimum atomic E-state index is -0.125. The van der Waals surface area contributed by atoms with E-state index in [2.05, 4.69) is 376 Å². The third-order valence-electron chi connectivity index (χ3n) is 22.1. The summed E-state index contributed by atoms with van der Waals surface area (Å²) in [6.07, 6.45) is 0. The molecule has 7 heteroatoms. The van der Waals surface area contributed by atoms with Crippen LogP contribution < -0.4 is 31.1 Å². The second kappa shape index (κ2) is 24.6. The number of rotatable bonds is 10. The molecule has 0 atom stereocenters. The minimum absolute atomic E-state index is 0.0525. The molecule has 0 saturated carbocycles. The lowest BCUT2D eigenvalue weighted by Gasteiger charge is -2.46. The van der Waals surface area contributed by atoms with Gasteiger partial charge in [0, 0.05) is 91.6 Å². The fraction of sp³-hybridized carbons (Fsp3) is 0.155. The van der Waals surface area contributed by atoms with Crippen molar-refractivity contribution in [2.75, 3.05) is 14.7 Å². The van der Waals surface area contributed by atoms with Crippen molar-refractivity contribution in [2.24, 2.45) is 0 Å². The summed E-state index contributed by atoms with van der Waals surface area (Å²) < 4.78 is 5.04. The smallest absolute Gasteiger partial charge is 0.252 e. The molecule has 18 rings (SSSR count). The van der Waals surface area contributed by atoms with Crippen molar-refractivity contribution in [3.05, 3.63) is 317 Å². The van der Waals surface area contributed by atoms with Crippen molar-refractivity contribution in [1.82, 2.24) is 4.57 Å². The van der Waals surface area contributed by atoms with Crippen LogP contribution in [0.3, 0.4) is 0 Å². The molecular weight excluding hydrogens is 1300 g/mol. The molecule has 506 valence electrons. The Kier molecular flexibility index (Phi) is 15.4. The van der Waals surface area contributed by atoms with Crippen LogP contribution in [0.4, 0.5) is 51.2 Å². The lowest BCUT2D eigenvalue weighted by molar-refractivity contribution is 0.589. The van der Waals surface area contributed by atoms with Gasteiger partial charge in [0.15, 0.2) is 0 Å². The molecule has 5 heterocycles. The minimum Gasteiger partial charge on any atom is -0.311 e. The maximum atomic E-state index is 2.69. The number of hydrogen-bond donors (Lipinski definition) is 0. The van der Waals surface area contributed by atoms with Crippen LogP contribution in [0.2, 0.25) is 0 Å². The van der Waals surface area contributed by atoms with Gasteiger partial charge in [0.25, 0.3) is 6.71 Å². The lowest BCUT2D eigenvalue weighted by atomic mass is 9.33. The molecule has 3 aromatic heterocycles. The Morgan fingerprint density at radius 2 is 0.769 bits per heavy atom. The van der Waals surface area contributed by atoms with E-state index in [0.717, 1.165) is 22.6 Å². The van der Waals surface area contributed by atoms with Crippen molar-refractivity contribution in [1.29, 1.82) is 0 Å². The summed E-state index contributed by atoms with van der Waals surface area (Å²) in [6, 6.07) is 102. The van der Waals surface area contributed by atoms with Crippen LogP contribution in [0.1, 0.15) is 91.6 Å². The van der Waals surface area contributed by atoms with Gasteiger partial charge in [-0.15, -0.1) is 22.7 Å². The molecule has 0 fully saturated rings. The molecule has 104 heavy (non-hydrogen) atoms. The van der Waals surface area contributed by atoms with Gasteiger partial charge in [-0.05, 0) is 245 Å². The van der Waals surface area contributed by atoms with E-state index in [1.54, 1.807) is 0 Å². The zero-order chi connectivity index (χ0) is 71.4. The number of para-hydroxylation sites is 2. The van der Waals surface area contributed by atoms with Gasteiger partial charge in [0.2, 0.25) is 0 Å². The van der Waals surface area contributed by atoms with Crippen molar-refractivity contribution >= 4 is 139 Å². The summed E-state index contributed by atoms with van der Waals surface area (Å²) >= 11 is 3.80. The third-order valence-corrected chi connectivity index (χ3v) is 24.5. The highest BCUT2D eigenvalue weighted by Crippen LogP contribution is 2.54. The molecule has 0 bridgehead atoms. The largest absolute Gasteiger partial charge is 0.311 e. The number of hydrogen-bond acceptors (Lipinski definition) is 5. The Bertz CT molecular complexity index is 6110. The number of thiophene rings is 2. The quantitative estimate of drug-likeness (QED) is 0.127. The third kappa shape index (κ3) is 10.5. The second-order valence-electron chi connectivity index (χ2n) is 31.3. The molecule has 0 spiro atoms. The fourth-order valence-corrected chi connectivity index (χ4v) is 19.9. The van der Waals surface area contributed by atoms with Crippen LogP contribution in [-0.4, -0.2) is 11.3 Å². The first kappa shape index (κ1) is 65.1. The molecule has 0 radical (unpaired) electrons. The van der Waals surface area contributed by atoms with Gasteiger partial charge >= 0.3 is 0 Å². The summed E-state index contributed by atoms with van der Waals surface area (Å²) in [7, 11) is 0. The SMILES string of the molecule is Cc1cc2c3c(c1)N(c1c(C)cc(-c4sc5ccccc5c4-c4ccccc4)cc1C)c1cc(C(C)(C)C)ccc1B3c1ccc(N(c3ccc4c5ccccc5n(-c5ccccc5)c4c3)c3c(C)cc(C(C)(C)C)cc3C)cc1N2c1c(C)cc(-c2sc3ccccc3c2-c2ccccc2)cc1C. The Labute approximate surface area is 620 Å². The van der Waals surface area contributed by atoms with E-state index in [1.165, 1.54) is 186 Å². The lowest BCUT2D eigenvalue weighted by Crippen LogP contribution is -2.61. The van der Waals surface area contributed by atoms with E-state index in [4.69, 9.17) is 0 Å². The first-order valence-electron chi connectivity index (χ1n) is 36.7. The molecule has 2 aliphatic heterocycles. The average Bonchev–Trinajstić information content (AvgIpc) is 0.950. The molecule has 2 aliphatic rings. The molecule has 0 N–H and O–H groups in total. The topological polar surface area (TPSA) is 14.7 Å². The number of aromatic nitrogens is 1. The maximum absolute atomic E-state index is 2.69. The van der Waals surface area contributed by atoms with Gasteiger partial charge in [-0.25, -0.2) is 0 Å². The van der Waals surface area contributed by atoms with Crippen molar-refractivity contribution < 1.29 is 0 Å². The van der Waals surface area contributed by atoms with Crippen LogP contribution in [0.15, 0.2) is 267 Å². The molecule has 0 saturated heterocycles. The Morgan fingerprint density at radius 3 is 1.29 bits per heavy atom. The monoisotopic (exact) mass is 1380 g/mol. The average molecular weight is 1380 g/mol. The van der Waals surface area contributed by atoms with Crippen LogP contribution in [0, 0.1) is 48.5 Å². The maximum Gasteiger partial charge on any atom is 0.252 e. The van der Waals surface area contributed by atoms with Crippen molar-refractivity contribution in [3.63, 3.8) is 0 Å². The standard InChI is InChI=1S/C97H83BN4S2/c1-58-47-84-90-85(48-58)102(93-61(4)51-68(52-62(93)5)95-89(66-31-19-15-20-32-66)77-37-25-28-40-87(77)104-95)83-57-73(99(91-63(6)53-70(54-64(91)7)97(11,12)13)72-42-44-75-74-35-23-26-38-80(74)100(81(75)56-72)71-33-21-16-22-34-71)43-46-79(83)98(90)78-45-41-69(96(8,9)10)55-82(78)101(84)92-59(2)49-67(50-60(92)3)94-88(65-29-17-14-18-30-65)76-36-24-27-39-86(76)103-94/h14-57H,1-13H3. The number of aryl methyl sites for hydroxylation is 7. The van der Waals surface area contributed by atoms with Crippen LogP contribution >= 0.6 is 22.7 Å². The molecule has 0 unspecified atom stereocenters. The Morgan fingerprint density at radius 1 is 0.337 bits per heavy atom. The van der Waals surface area contributed by atoms with Gasteiger partial charge in [0.1, 0.15) is 0 Å². The van der Waals surface area contributed by atoms with E-state index in [9.17, 15) is 0 Å². The van der Waals surface area contributed by atoms with Crippen molar-refractivity contribution in [3.8, 4) is 48.8 Å². The number of nitrogens with zero attached hydrogens (tertiary/aromatic N) is 4. The summed E-state index contributed by atoms with van der Waals surface area (Å²) in [6.45, 7) is 30.3.